The lowest BCUT2D eigenvalue weighted by atomic mass is 10.4. The minimum absolute atomic E-state index is 0.636. The van der Waals surface area contributed by atoms with E-state index in [0.29, 0.717) is 5.96 Å². The maximum atomic E-state index is 8.02. The van der Waals surface area contributed by atoms with Crippen LogP contribution in [0.25, 0.3) is 0 Å². The minimum Gasteiger partial charge on any atom is -0.378 e. The molecule has 0 unspecified atom stereocenters. The molecule has 0 bridgehead atoms. The molecule has 2 saturated heterocycles. The van der Waals surface area contributed by atoms with Crippen LogP contribution in [0.3, 0.4) is 0 Å². The zero-order valence-electron chi connectivity index (χ0n) is 8.37. The largest absolute Gasteiger partial charge is 0.378 e. The molecular formula is C9H17N3O2. The van der Waals surface area contributed by atoms with Gasteiger partial charge in [-0.05, 0) is 0 Å². The number of hydrogen-bond acceptors (Lipinski definition) is 3. The van der Waals surface area contributed by atoms with Gasteiger partial charge in [0, 0.05) is 26.2 Å². The van der Waals surface area contributed by atoms with E-state index in [1.807, 2.05) is 0 Å². The lowest BCUT2D eigenvalue weighted by Crippen LogP contribution is -2.51. The molecule has 0 spiro atoms. The zero-order valence-corrected chi connectivity index (χ0v) is 8.37. The predicted molar refractivity (Wildman–Crippen MR) is 52.5 cm³/mol. The Morgan fingerprint density at radius 3 is 1.50 bits per heavy atom. The van der Waals surface area contributed by atoms with Gasteiger partial charge < -0.3 is 19.3 Å². The lowest BCUT2D eigenvalue weighted by molar-refractivity contribution is 0.0414. The van der Waals surface area contributed by atoms with Gasteiger partial charge in [0.25, 0.3) is 0 Å². The van der Waals surface area contributed by atoms with Crippen molar-refractivity contribution in [3.8, 4) is 0 Å². The molecule has 2 heterocycles. The molecule has 2 fully saturated rings. The van der Waals surface area contributed by atoms with E-state index >= 15 is 0 Å². The fourth-order valence-corrected chi connectivity index (χ4v) is 1.75. The Labute approximate surface area is 84.1 Å². The normalized spacial score (nSPS) is 23.7. The average Bonchev–Trinajstić information content (AvgIpc) is 2.30. The summed E-state index contributed by atoms with van der Waals surface area (Å²) in [5.41, 5.74) is 0. The third-order valence-corrected chi connectivity index (χ3v) is 2.62. The molecule has 0 amide bonds. The maximum Gasteiger partial charge on any atom is 0.194 e. The monoisotopic (exact) mass is 199 g/mol. The molecule has 0 aromatic heterocycles. The Morgan fingerprint density at radius 1 is 0.786 bits per heavy atom. The van der Waals surface area contributed by atoms with Crippen molar-refractivity contribution in [3.05, 3.63) is 0 Å². The standard InChI is InChI=1S/C9H17N3O2/c10-9(11-1-5-13-6-2-11)12-3-7-14-8-4-12/h10H,1-8H2. The Hall–Kier alpha value is -0.810. The second-order valence-corrected chi connectivity index (χ2v) is 3.52. The van der Waals surface area contributed by atoms with Gasteiger partial charge in [0.05, 0.1) is 26.4 Å². The van der Waals surface area contributed by atoms with Crippen molar-refractivity contribution < 1.29 is 9.47 Å². The molecule has 0 aromatic rings. The van der Waals surface area contributed by atoms with Crippen LogP contribution in [-0.4, -0.2) is 68.4 Å². The van der Waals surface area contributed by atoms with Gasteiger partial charge >= 0.3 is 0 Å². The summed E-state index contributed by atoms with van der Waals surface area (Å²) in [6.45, 7) is 6.34. The van der Waals surface area contributed by atoms with E-state index in [4.69, 9.17) is 14.9 Å². The highest BCUT2D eigenvalue weighted by Crippen LogP contribution is 2.04. The molecule has 0 atom stereocenters. The van der Waals surface area contributed by atoms with Gasteiger partial charge in [0.2, 0.25) is 0 Å². The molecule has 1 N–H and O–H groups in total. The summed E-state index contributed by atoms with van der Waals surface area (Å²) in [7, 11) is 0. The van der Waals surface area contributed by atoms with Gasteiger partial charge in [-0.25, -0.2) is 0 Å². The molecule has 0 radical (unpaired) electrons. The lowest BCUT2D eigenvalue weighted by Gasteiger charge is -2.37. The van der Waals surface area contributed by atoms with Crippen molar-refractivity contribution in [1.29, 1.82) is 5.41 Å². The quantitative estimate of drug-likeness (QED) is 0.425. The van der Waals surface area contributed by atoms with E-state index in [1.54, 1.807) is 0 Å². The number of guanidine groups is 1. The van der Waals surface area contributed by atoms with Crippen LogP contribution >= 0.6 is 0 Å². The first kappa shape index (κ1) is 9.73. The van der Waals surface area contributed by atoms with Crippen LogP contribution in [0.15, 0.2) is 0 Å². The first-order chi connectivity index (χ1) is 6.88. The molecule has 2 aliphatic heterocycles. The van der Waals surface area contributed by atoms with Gasteiger partial charge in [-0.1, -0.05) is 0 Å². The second-order valence-electron chi connectivity index (χ2n) is 3.52. The number of nitrogens with one attached hydrogen (secondary N) is 1. The maximum absolute atomic E-state index is 8.02. The summed E-state index contributed by atoms with van der Waals surface area (Å²) in [6, 6.07) is 0. The fraction of sp³-hybridized carbons (Fsp3) is 0.889. The summed E-state index contributed by atoms with van der Waals surface area (Å²) in [5, 5.41) is 8.02. The van der Waals surface area contributed by atoms with Crippen LogP contribution in [0.4, 0.5) is 0 Å². The summed E-state index contributed by atoms with van der Waals surface area (Å²) >= 11 is 0. The molecule has 5 heteroatoms. The van der Waals surface area contributed by atoms with Crippen LogP contribution in [-0.2, 0) is 9.47 Å². The average molecular weight is 199 g/mol. The van der Waals surface area contributed by atoms with Crippen molar-refractivity contribution in [1.82, 2.24) is 9.80 Å². The fourth-order valence-electron chi connectivity index (χ4n) is 1.75. The van der Waals surface area contributed by atoms with E-state index in [2.05, 4.69) is 9.80 Å². The number of nitrogens with zero attached hydrogens (tertiary/aromatic N) is 2. The third-order valence-electron chi connectivity index (χ3n) is 2.62. The SMILES string of the molecule is N=C(N1CCOCC1)N1CCOCC1. The van der Waals surface area contributed by atoms with Crippen molar-refractivity contribution in [3.63, 3.8) is 0 Å². The van der Waals surface area contributed by atoms with Crippen molar-refractivity contribution in [2.75, 3.05) is 52.6 Å². The Morgan fingerprint density at radius 2 is 1.14 bits per heavy atom. The van der Waals surface area contributed by atoms with Crippen molar-refractivity contribution in [2.45, 2.75) is 0 Å². The third kappa shape index (κ3) is 2.16. The Balaban J connectivity index is 1.85. The molecule has 0 aliphatic carbocycles. The molecule has 0 aromatic carbocycles. The Bertz CT molecular complexity index is 178. The molecule has 80 valence electrons. The molecule has 0 saturated carbocycles. The molecular weight excluding hydrogens is 182 g/mol. The van der Waals surface area contributed by atoms with E-state index in [0.717, 1.165) is 52.6 Å². The molecule has 2 aliphatic rings. The summed E-state index contributed by atoms with van der Waals surface area (Å²) < 4.78 is 10.5. The number of ether oxygens (including phenoxy) is 2. The summed E-state index contributed by atoms with van der Waals surface area (Å²) in [5.74, 6) is 0.636. The first-order valence-electron chi connectivity index (χ1n) is 5.12. The topological polar surface area (TPSA) is 48.8 Å². The first-order valence-corrected chi connectivity index (χ1v) is 5.12. The summed E-state index contributed by atoms with van der Waals surface area (Å²) in [6.07, 6.45) is 0. The second kappa shape index (κ2) is 4.61. The van der Waals surface area contributed by atoms with Gasteiger partial charge in [0.15, 0.2) is 5.96 Å². The van der Waals surface area contributed by atoms with Crippen molar-refractivity contribution in [2.24, 2.45) is 0 Å². The smallest absolute Gasteiger partial charge is 0.194 e. The van der Waals surface area contributed by atoms with Gasteiger partial charge in [-0.3, -0.25) is 5.41 Å². The van der Waals surface area contributed by atoms with Gasteiger partial charge in [-0.2, -0.15) is 0 Å². The summed E-state index contributed by atoms with van der Waals surface area (Å²) in [4.78, 5) is 4.16. The van der Waals surface area contributed by atoms with E-state index in [1.165, 1.54) is 0 Å². The van der Waals surface area contributed by atoms with E-state index in [9.17, 15) is 0 Å². The van der Waals surface area contributed by atoms with Crippen LogP contribution in [0, 0.1) is 5.41 Å². The molecule has 14 heavy (non-hydrogen) atoms. The highest BCUT2D eigenvalue weighted by Gasteiger charge is 2.20. The van der Waals surface area contributed by atoms with Gasteiger partial charge in [-0.15, -0.1) is 0 Å². The minimum atomic E-state index is 0.636. The highest BCUT2D eigenvalue weighted by molar-refractivity contribution is 5.77. The van der Waals surface area contributed by atoms with E-state index < -0.39 is 0 Å². The van der Waals surface area contributed by atoms with Crippen LogP contribution in [0.5, 0.6) is 0 Å². The highest BCUT2D eigenvalue weighted by atomic mass is 16.5. The Kier molecular flexibility index (Phi) is 3.21. The number of rotatable bonds is 0. The molecule has 2 rings (SSSR count). The number of morpholine rings is 2. The van der Waals surface area contributed by atoms with Crippen LogP contribution < -0.4 is 0 Å². The van der Waals surface area contributed by atoms with Crippen LogP contribution in [0.2, 0.25) is 0 Å². The molecule has 5 nitrogen and oxygen atoms in total. The van der Waals surface area contributed by atoms with Crippen molar-refractivity contribution >= 4 is 5.96 Å². The predicted octanol–water partition coefficient (Wildman–Crippen LogP) is -0.414. The van der Waals surface area contributed by atoms with Gasteiger partial charge in [0.1, 0.15) is 0 Å². The van der Waals surface area contributed by atoms with E-state index in [-0.39, 0.29) is 0 Å². The zero-order chi connectivity index (χ0) is 9.80. The number of hydrogen-bond donors (Lipinski definition) is 1. The van der Waals surface area contributed by atoms with Crippen LogP contribution in [0.1, 0.15) is 0 Å².